The summed E-state index contributed by atoms with van der Waals surface area (Å²) in [7, 11) is -0.516. The predicted molar refractivity (Wildman–Crippen MR) is 83.8 cm³/mol. The summed E-state index contributed by atoms with van der Waals surface area (Å²) in [5.41, 5.74) is 0.915. The molecule has 3 rings (SSSR count). The molecule has 0 saturated carbocycles. The van der Waals surface area contributed by atoms with Crippen molar-refractivity contribution in [2.75, 3.05) is 0 Å². The summed E-state index contributed by atoms with van der Waals surface area (Å²) in [5.74, 6) is 1.52. The van der Waals surface area contributed by atoms with Crippen molar-refractivity contribution in [2.45, 2.75) is 0 Å². The summed E-state index contributed by atoms with van der Waals surface area (Å²) in [5, 5.41) is 0. The lowest BCUT2D eigenvalue weighted by Gasteiger charge is -2.16. The van der Waals surface area contributed by atoms with E-state index in [2.05, 4.69) is 4.98 Å². The van der Waals surface area contributed by atoms with Crippen molar-refractivity contribution in [3.63, 3.8) is 0 Å². The maximum atomic E-state index is 5.95. The number of para-hydroxylation sites is 2. The highest BCUT2D eigenvalue weighted by molar-refractivity contribution is 6.62. The van der Waals surface area contributed by atoms with E-state index < -0.39 is 7.12 Å². The topological polar surface area (TPSA) is 31.4 Å². The van der Waals surface area contributed by atoms with Gasteiger partial charge in [-0.3, -0.25) is 4.98 Å². The van der Waals surface area contributed by atoms with Crippen LogP contribution in [0.15, 0.2) is 85.2 Å². The SMILES string of the molecule is c1ccc(OB(Oc2ccccc2)c2ccncc2)cc1. The molecule has 0 spiro atoms. The van der Waals surface area contributed by atoms with Gasteiger partial charge in [0.2, 0.25) is 0 Å². The number of pyridine rings is 1. The van der Waals surface area contributed by atoms with Crippen LogP contribution < -0.4 is 14.8 Å². The van der Waals surface area contributed by atoms with Gasteiger partial charge in [0.1, 0.15) is 11.5 Å². The molecule has 3 aromatic rings. The average molecular weight is 275 g/mol. The number of nitrogens with zero attached hydrogens (tertiary/aromatic N) is 1. The fourth-order valence-corrected chi connectivity index (χ4v) is 1.93. The van der Waals surface area contributed by atoms with Gasteiger partial charge in [0, 0.05) is 17.9 Å². The highest BCUT2D eigenvalue weighted by Crippen LogP contribution is 2.14. The third kappa shape index (κ3) is 3.63. The number of aromatic nitrogens is 1. The van der Waals surface area contributed by atoms with E-state index in [4.69, 9.17) is 9.31 Å². The molecule has 21 heavy (non-hydrogen) atoms. The normalized spacial score (nSPS) is 9.90. The molecular formula is C17H14BNO2. The molecule has 1 aromatic heterocycles. The van der Waals surface area contributed by atoms with E-state index in [1.807, 2.05) is 72.8 Å². The van der Waals surface area contributed by atoms with Gasteiger partial charge < -0.3 is 9.31 Å². The summed E-state index contributed by atoms with van der Waals surface area (Å²) in [6.07, 6.45) is 3.45. The molecule has 0 N–H and O–H groups in total. The van der Waals surface area contributed by atoms with Crippen LogP contribution in [0.2, 0.25) is 0 Å². The second-order valence-electron chi connectivity index (χ2n) is 4.47. The van der Waals surface area contributed by atoms with E-state index >= 15 is 0 Å². The van der Waals surface area contributed by atoms with Crippen LogP contribution in [0.5, 0.6) is 11.5 Å². The zero-order valence-corrected chi connectivity index (χ0v) is 11.4. The van der Waals surface area contributed by atoms with Crippen LogP contribution >= 0.6 is 0 Å². The maximum Gasteiger partial charge on any atom is 0.632 e. The fraction of sp³-hybridized carbons (Fsp3) is 0. The Morgan fingerprint density at radius 3 is 1.57 bits per heavy atom. The lowest BCUT2D eigenvalue weighted by atomic mass is 9.79. The second kappa shape index (κ2) is 6.61. The van der Waals surface area contributed by atoms with Crippen molar-refractivity contribution in [2.24, 2.45) is 0 Å². The minimum atomic E-state index is -0.516. The van der Waals surface area contributed by atoms with E-state index in [0.717, 1.165) is 17.0 Å². The van der Waals surface area contributed by atoms with E-state index in [1.165, 1.54) is 0 Å². The molecule has 2 aromatic carbocycles. The molecule has 0 radical (unpaired) electrons. The maximum absolute atomic E-state index is 5.95. The summed E-state index contributed by atoms with van der Waals surface area (Å²) < 4.78 is 11.9. The Hall–Kier alpha value is -2.75. The summed E-state index contributed by atoms with van der Waals surface area (Å²) in [4.78, 5) is 4.03. The largest absolute Gasteiger partial charge is 0.632 e. The first-order chi connectivity index (χ1) is 10.4. The van der Waals surface area contributed by atoms with Gasteiger partial charge in [-0.15, -0.1) is 0 Å². The van der Waals surface area contributed by atoms with Gasteiger partial charge in [0.25, 0.3) is 0 Å². The Labute approximate surface area is 124 Å². The zero-order chi connectivity index (χ0) is 14.3. The minimum absolute atomic E-state index is 0.516. The number of hydrogen-bond donors (Lipinski definition) is 0. The fourth-order valence-electron chi connectivity index (χ4n) is 1.93. The molecule has 1 heterocycles. The molecule has 0 unspecified atom stereocenters. The molecule has 0 fully saturated rings. The monoisotopic (exact) mass is 275 g/mol. The van der Waals surface area contributed by atoms with E-state index in [-0.39, 0.29) is 0 Å². The van der Waals surface area contributed by atoms with Crippen molar-refractivity contribution in [3.05, 3.63) is 85.2 Å². The molecule has 3 nitrogen and oxygen atoms in total. The van der Waals surface area contributed by atoms with Crippen molar-refractivity contribution in [1.29, 1.82) is 0 Å². The van der Waals surface area contributed by atoms with Gasteiger partial charge >= 0.3 is 7.12 Å². The Kier molecular flexibility index (Phi) is 4.17. The van der Waals surface area contributed by atoms with Crippen molar-refractivity contribution < 1.29 is 9.31 Å². The lowest BCUT2D eigenvalue weighted by Crippen LogP contribution is -2.42. The molecule has 0 saturated heterocycles. The van der Waals surface area contributed by atoms with Crippen LogP contribution in [-0.2, 0) is 0 Å². The molecule has 0 atom stereocenters. The predicted octanol–water partition coefficient (Wildman–Crippen LogP) is 2.93. The van der Waals surface area contributed by atoms with Crippen molar-refractivity contribution >= 4 is 12.6 Å². The lowest BCUT2D eigenvalue weighted by molar-refractivity contribution is 0.439. The Morgan fingerprint density at radius 2 is 1.10 bits per heavy atom. The third-order valence-electron chi connectivity index (χ3n) is 2.95. The van der Waals surface area contributed by atoms with Crippen LogP contribution in [0.1, 0.15) is 0 Å². The van der Waals surface area contributed by atoms with Gasteiger partial charge in [0.05, 0.1) is 0 Å². The van der Waals surface area contributed by atoms with Crippen molar-refractivity contribution in [3.8, 4) is 11.5 Å². The van der Waals surface area contributed by atoms with Gasteiger partial charge in [0.15, 0.2) is 0 Å². The van der Waals surface area contributed by atoms with E-state index in [1.54, 1.807) is 12.4 Å². The van der Waals surface area contributed by atoms with Gasteiger partial charge in [-0.25, -0.2) is 0 Å². The quantitative estimate of drug-likeness (QED) is 0.671. The molecular weight excluding hydrogens is 261 g/mol. The highest BCUT2D eigenvalue weighted by Gasteiger charge is 2.26. The third-order valence-corrected chi connectivity index (χ3v) is 2.95. The molecule has 0 aliphatic heterocycles. The van der Waals surface area contributed by atoms with Gasteiger partial charge in [-0.2, -0.15) is 0 Å². The average Bonchev–Trinajstić information content (AvgIpc) is 2.57. The first-order valence-electron chi connectivity index (χ1n) is 6.75. The molecule has 0 aliphatic rings. The molecule has 0 aliphatic carbocycles. The molecule has 4 heteroatoms. The summed E-state index contributed by atoms with van der Waals surface area (Å²) in [6, 6.07) is 23.0. The molecule has 102 valence electrons. The zero-order valence-electron chi connectivity index (χ0n) is 11.4. The first-order valence-corrected chi connectivity index (χ1v) is 6.75. The first kappa shape index (κ1) is 13.2. The Morgan fingerprint density at radius 1 is 0.619 bits per heavy atom. The van der Waals surface area contributed by atoms with Crippen LogP contribution in [-0.4, -0.2) is 12.1 Å². The summed E-state index contributed by atoms with van der Waals surface area (Å²) >= 11 is 0. The number of rotatable bonds is 5. The summed E-state index contributed by atoms with van der Waals surface area (Å²) in [6.45, 7) is 0. The van der Waals surface area contributed by atoms with Gasteiger partial charge in [-0.1, -0.05) is 36.4 Å². The second-order valence-corrected chi connectivity index (χ2v) is 4.47. The van der Waals surface area contributed by atoms with Gasteiger partial charge in [-0.05, 0) is 36.4 Å². The number of benzene rings is 2. The smallest absolute Gasteiger partial charge is 0.522 e. The van der Waals surface area contributed by atoms with Crippen LogP contribution in [0.4, 0.5) is 0 Å². The number of hydrogen-bond acceptors (Lipinski definition) is 3. The minimum Gasteiger partial charge on any atom is -0.522 e. The van der Waals surface area contributed by atoms with E-state index in [0.29, 0.717) is 0 Å². The Bertz CT molecular complexity index is 621. The van der Waals surface area contributed by atoms with Crippen molar-refractivity contribution in [1.82, 2.24) is 4.98 Å². The highest BCUT2D eigenvalue weighted by atomic mass is 16.6. The van der Waals surface area contributed by atoms with E-state index in [9.17, 15) is 0 Å². The van der Waals surface area contributed by atoms with Crippen LogP contribution in [0.3, 0.4) is 0 Å². The molecule has 0 amide bonds. The Balaban J connectivity index is 1.84. The van der Waals surface area contributed by atoms with Crippen LogP contribution in [0.25, 0.3) is 0 Å². The molecule has 0 bridgehead atoms. The standard InChI is InChI=1S/C17H14BNO2/c1-3-7-16(8-4-1)20-18(15-11-13-19-14-12-15)21-17-9-5-2-6-10-17/h1-14H. The van der Waals surface area contributed by atoms with Crippen LogP contribution in [0, 0.1) is 0 Å².